The maximum absolute atomic E-state index is 10.2. The van der Waals surface area contributed by atoms with Gasteiger partial charge in [-0.2, -0.15) is 5.10 Å². The van der Waals surface area contributed by atoms with Gasteiger partial charge in [-0.1, -0.05) is 0 Å². The smallest absolute Gasteiger partial charge is 0.404 e. The molecule has 0 radical (unpaired) electrons. The molecular formula is C9H16N4O2. The fourth-order valence-corrected chi connectivity index (χ4v) is 1.21. The summed E-state index contributed by atoms with van der Waals surface area (Å²) in [5.74, 6) is 0. The Kier molecular flexibility index (Phi) is 4.62. The third-order valence-electron chi connectivity index (χ3n) is 2.00. The first-order valence-corrected chi connectivity index (χ1v) is 4.80. The molecule has 0 aromatic carbocycles. The first kappa shape index (κ1) is 11.5. The highest BCUT2D eigenvalue weighted by Crippen LogP contribution is 1.95. The number of hydrogen-bond donors (Lipinski definition) is 2. The number of amides is 1. The molecule has 0 atom stereocenters. The van der Waals surface area contributed by atoms with Crippen LogP contribution in [0.4, 0.5) is 4.79 Å². The molecule has 15 heavy (non-hydrogen) atoms. The van der Waals surface area contributed by atoms with Crippen LogP contribution in [0.15, 0.2) is 12.3 Å². The Hall–Kier alpha value is -1.56. The monoisotopic (exact) mass is 212 g/mol. The molecule has 1 aromatic heterocycles. The number of carbonyl (C=O) groups excluding carboxylic acids is 1. The van der Waals surface area contributed by atoms with Gasteiger partial charge in [-0.3, -0.25) is 4.68 Å². The summed E-state index contributed by atoms with van der Waals surface area (Å²) in [6, 6.07) is 1.97. The predicted octanol–water partition coefficient (Wildman–Crippen LogP) is -0.352. The van der Waals surface area contributed by atoms with Crippen LogP contribution in [0, 0.1) is 0 Å². The van der Waals surface area contributed by atoms with Gasteiger partial charge in [0.05, 0.1) is 0 Å². The molecule has 0 spiro atoms. The topological polar surface area (TPSA) is 82.2 Å². The summed E-state index contributed by atoms with van der Waals surface area (Å²) in [7, 11) is 1.91. The van der Waals surface area contributed by atoms with Crippen LogP contribution in [0.3, 0.4) is 0 Å². The van der Waals surface area contributed by atoms with E-state index in [1.807, 2.05) is 17.8 Å². The Morgan fingerprint density at radius 3 is 3.07 bits per heavy atom. The normalized spacial score (nSPS) is 10.2. The largest absolute Gasteiger partial charge is 0.448 e. The zero-order chi connectivity index (χ0) is 11.1. The van der Waals surface area contributed by atoms with Crippen molar-refractivity contribution in [2.45, 2.75) is 6.42 Å². The summed E-state index contributed by atoms with van der Waals surface area (Å²) >= 11 is 0. The van der Waals surface area contributed by atoms with Crippen molar-refractivity contribution in [3.8, 4) is 0 Å². The number of hydrogen-bond acceptors (Lipinski definition) is 4. The van der Waals surface area contributed by atoms with E-state index in [2.05, 4.69) is 15.2 Å². The molecule has 6 nitrogen and oxygen atoms in total. The maximum atomic E-state index is 10.2. The lowest BCUT2D eigenvalue weighted by Crippen LogP contribution is -2.25. The van der Waals surface area contributed by atoms with Crippen LogP contribution in [0.1, 0.15) is 5.69 Å². The van der Waals surface area contributed by atoms with E-state index in [0.29, 0.717) is 13.2 Å². The lowest BCUT2D eigenvalue weighted by atomic mass is 10.3. The molecule has 0 fully saturated rings. The van der Waals surface area contributed by atoms with Crippen molar-refractivity contribution < 1.29 is 9.53 Å². The SMILES string of the molecule is Cn1nccc1CCNCCOC(N)=O. The van der Waals surface area contributed by atoms with Crippen LogP contribution in [0.25, 0.3) is 0 Å². The third-order valence-corrected chi connectivity index (χ3v) is 2.00. The molecule has 1 amide bonds. The van der Waals surface area contributed by atoms with Crippen molar-refractivity contribution in [2.75, 3.05) is 19.7 Å². The van der Waals surface area contributed by atoms with E-state index in [9.17, 15) is 4.79 Å². The summed E-state index contributed by atoms with van der Waals surface area (Å²) in [6.07, 6.45) is 1.93. The fourth-order valence-electron chi connectivity index (χ4n) is 1.21. The quantitative estimate of drug-likeness (QED) is 0.631. The molecule has 0 saturated carbocycles. The first-order chi connectivity index (χ1) is 7.20. The Bertz CT molecular complexity index is 311. The number of nitrogens with two attached hydrogens (primary N) is 1. The molecule has 84 valence electrons. The minimum absolute atomic E-state index is 0.306. The zero-order valence-electron chi connectivity index (χ0n) is 8.77. The molecule has 1 aromatic rings. The summed E-state index contributed by atoms with van der Waals surface area (Å²) < 4.78 is 6.40. The van der Waals surface area contributed by atoms with Crippen LogP contribution in [0.2, 0.25) is 0 Å². The van der Waals surface area contributed by atoms with Crippen molar-refractivity contribution in [1.82, 2.24) is 15.1 Å². The van der Waals surface area contributed by atoms with E-state index in [1.54, 1.807) is 6.20 Å². The third kappa shape index (κ3) is 4.46. The van der Waals surface area contributed by atoms with Crippen LogP contribution in [-0.2, 0) is 18.2 Å². The van der Waals surface area contributed by atoms with Gasteiger partial charge in [-0.05, 0) is 6.07 Å². The van der Waals surface area contributed by atoms with Crippen LogP contribution >= 0.6 is 0 Å². The highest BCUT2D eigenvalue weighted by molar-refractivity contribution is 5.64. The van der Waals surface area contributed by atoms with Gasteiger partial charge in [-0.25, -0.2) is 4.79 Å². The number of nitrogens with one attached hydrogen (secondary N) is 1. The number of ether oxygens (including phenoxy) is 1. The van der Waals surface area contributed by atoms with E-state index in [1.165, 1.54) is 5.69 Å². The van der Waals surface area contributed by atoms with E-state index >= 15 is 0 Å². The van der Waals surface area contributed by atoms with Gasteiger partial charge in [0.15, 0.2) is 0 Å². The Labute approximate surface area is 88.4 Å². The van der Waals surface area contributed by atoms with Crippen LogP contribution < -0.4 is 11.1 Å². The Morgan fingerprint density at radius 1 is 1.67 bits per heavy atom. The average molecular weight is 212 g/mol. The predicted molar refractivity (Wildman–Crippen MR) is 55.3 cm³/mol. The molecule has 0 saturated heterocycles. The van der Waals surface area contributed by atoms with E-state index in [4.69, 9.17) is 5.73 Å². The second-order valence-corrected chi connectivity index (χ2v) is 3.11. The van der Waals surface area contributed by atoms with Crippen molar-refractivity contribution >= 4 is 6.09 Å². The van der Waals surface area contributed by atoms with Gasteiger partial charge >= 0.3 is 6.09 Å². The molecular weight excluding hydrogens is 196 g/mol. The van der Waals surface area contributed by atoms with Gasteiger partial charge in [0.1, 0.15) is 6.61 Å². The maximum Gasteiger partial charge on any atom is 0.404 e. The molecule has 0 unspecified atom stereocenters. The van der Waals surface area contributed by atoms with Gasteiger partial charge in [-0.15, -0.1) is 0 Å². The number of nitrogens with zero attached hydrogens (tertiary/aromatic N) is 2. The first-order valence-electron chi connectivity index (χ1n) is 4.80. The number of aryl methyl sites for hydroxylation is 1. The van der Waals surface area contributed by atoms with Gasteiger partial charge in [0.2, 0.25) is 0 Å². The minimum Gasteiger partial charge on any atom is -0.448 e. The molecule has 1 heterocycles. The van der Waals surface area contributed by atoms with Crippen molar-refractivity contribution in [3.05, 3.63) is 18.0 Å². The molecule has 6 heteroatoms. The Balaban J connectivity index is 2.03. The van der Waals surface area contributed by atoms with Gasteiger partial charge < -0.3 is 15.8 Å². The highest BCUT2D eigenvalue weighted by atomic mass is 16.5. The van der Waals surface area contributed by atoms with Crippen LogP contribution in [-0.4, -0.2) is 35.6 Å². The van der Waals surface area contributed by atoms with E-state index in [0.717, 1.165) is 13.0 Å². The van der Waals surface area contributed by atoms with Crippen molar-refractivity contribution in [2.24, 2.45) is 12.8 Å². The molecule has 0 aliphatic heterocycles. The minimum atomic E-state index is -0.733. The van der Waals surface area contributed by atoms with Gasteiger partial charge in [0, 0.05) is 38.4 Å². The molecule has 0 bridgehead atoms. The fraction of sp³-hybridized carbons (Fsp3) is 0.556. The summed E-state index contributed by atoms with van der Waals surface area (Å²) in [4.78, 5) is 10.2. The lowest BCUT2D eigenvalue weighted by Gasteiger charge is -2.04. The number of carbonyl (C=O) groups is 1. The molecule has 0 aliphatic carbocycles. The Morgan fingerprint density at radius 2 is 2.47 bits per heavy atom. The number of primary amides is 1. The summed E-state index contributed by atoms with van der Waals surface area (Å²) in [6.45, 7) is 1.74. The molecule has 3 N–H and O–H groups in total. The number of rotatable bonds is 6. The second kappa shape index (κ2) is 6.02. The van der Waals surface area contributed by atoms with Crippen LogP contribution in [0.5, 0.6) is 0 Å². The molecule has 1 rings (SSSR count). The average Bonchev–Trinajstić information content (AvgIpc) is 2.57. The van der Waals surface area contributed by atoms with E-state index < -0.39 is 6.09 Å². The highest BCUT2D eigenvalue weighted by Gasteiger charge is 1.97. The summed E-state index contributed by atoms with van der Waals surface area (Å²) in [5.41, 5.74) is 5.97. The summed E-state index contributed by atoms with van der Waals surface area (Å²) in [5, 5.41) is 7.19. The van der Waals surface area contributed by atoms with Gasteiger partial charge in [0.25, 0.3) is 0 Å². The number of aromatic nitrogens is 2. The lowest BCUT2D eigenvalue weighted by molar-refractivity contribution is 0.157. The van der Waals surface area contributed by atoms with E-state index in [-0.39, 0.29) is 0 Å². The van der Waals surface area contributed by atoms with Crippen molar-refractivity contribution in [3.63, 3.8) is 0 Å². The zero-order valence-corrected chi connectivity index (χ0v) is 8.77. The second-order valence-electron chi connectivity index (χ2n) is 3.11. The standard InChI is InChI=1S/C9H16N4O2/c1-13-8(3-5-12-13)2-4-11-6-7-15-9(10)14/h3,5,11H,2,4,6-7H2,1H3,(H2,10,14). The van der Waals surface area contributed by atoms with Crippen molar-refractivity contribution in [1.29, 1.82) is 0 Å². The molecule has 0 aliphatic rings.